The first-order chi connectivity index (χ1) is 13.0. The number of thiocarbonyl (C=S) groups is 1. The van der Waals surface area contributed by atoms with E-state index >= 15 is 0 Å². The van der Waals surface area contributed by atoms with Crippen LogP contribution in [0.3, 0.4) is 0 Å². The molecule has 2 aromatic rings. The molecule has 0 unspecified atom stereocenters. The van der Waals surface area contributed by atoms with E-state index in [1.807, 2.05) is 25.1 Å². The molecule has 1 amide bonds. The molecule has 1 aliphatic rings. The van der Waals surface area contributed by atoms with Crippen molar-refractivity contribution in [3.8, 4) is 5.75 Å². The third-order valence-electron chi connectivity index (χ3n) is 4.20. The monoisotopic (exact) mass is 444 g/mol. The summed E-state index contributed by atoms with van der Waals surface area (Å²) in [6.45, 7) is 5.14. The largest absolute Gasteiger partial charge is 0.488 e. The van der Waals surface area contributed by atoms with Gasteiger partial charge in [-0.15, -0.1) is 0 Å². The van der Waals surface area contributed by atoms with E-state index in [0.29, 0.717) is 29.7 Å². The van der Waals surface area contributed by atoms with Crippen molar-refractivity contribution in [1.29, 1.82) is 0 Å². The average Bonchev–Trinajstić information content (AvgIpc) is 2.90. The average molecular weight is 445 g/mol. The highest BCUT2D eigenvalue weighted by Gasteiger charge is 2.29. The number of aryl methyl sites for hydroxylation is 1. The number of ether oxygens (including phenoxy) is 1. The Hall–Kier alpha value is -2.18. The number of amides is 1. The van der Waals surface area contributed by atoms with E-state index in [2.05, 4.69) is 52.4 Å². The molecule has 1 aliphatic heterocycles. The minimum absolute atomic E-state index is 0.105. The molecule has 140 valence electrons. The molecule has 0 aromatic heterocycles. The molecule has 3 rings (SSSR count). The lowest BCUT2D eigenvalue weighted by molar-refractivity contribution is -0.122. The molecule has 2 aromatic carbocycles. The number of carbonyl (C=O) groups is 1. The van der Waals surface area contributed by atoms with Crippen molar-refractivity contribution in [1.82, 2.24) is 10.2 Å². The van der Waals surface area contributed by atoms with Crippen LogP contribution in [-0.2, 0) is 11.4 Å². The molecule has 6 heteroatoms. The molecule has 0 bridgehead atoms. The molecule has 0 atom stereocenters. The van der Waals surface area contributed by atoms with Gasteiger partial charge in [-0.05, 0) is 55.4 Å². The van der Waals surface area contributed by atoms with E-state index in [0.717, 1.165) is 22.0 Å². The van der Waals surface area contributed by atoms with Crippen LogP contribution in [0.4, 0.5) is 0 Å². The van der Waals surface area contributed by atoms with Gasteiger partial charge in [0.1, 0.15) is 18.1 Å². The van der Waals surface area contributed by atoms with E-state index < -0.39 is 0 Å². The van der Waals surface area contributed by atoms with Gasteiger partial charge in [0.25, 0.3) is 5.91 Å². The molecule has 0 aliphatic carbocycles. The van der Waals surface area contributed by atoms with Crippen LogP contribution in [0.2, 0.25) is 0 Å². The van der Waals surface area contributed by atoms with Gasteiger partial charge in [0.2, 0.25) is 0 Å². The fourth-order valence-electron chi connectivity index (χ4n) is 2.76. The molecule has 1 saturated heterocycles. The van der Waals surface area contributed by atoms with Gasteiger partial charge in [0.15, 0.2) is 5.11 Å². The van der Waals surface area contributed by atoms with Crippen molar-refractivity contribution < 1.29 is 9.53 Å². The van der Waals surface area contributed by atoms with Crippen molar-refractivity contribution in [2.24, 2.45) is 0 Å². The summed E-state index contributed by atoms with van der Waals surface area (Å²) in [5.41, 5.74) is 3.58. The molecular weight excluding hydrogens is 424 g/mol. The summed E-state index contributed by atoms with van der Waals surface area (Å²) in [6, 6.07) is 14.0. The Balaban J connectivity index is 1.83. The zero-order chi connectivity index (χ0) is 19.4. The summed E-state index contributed by atoms with van der Waals surface area (Å²) in [5.74, 6) is 0.604. The standard InChI is InChI=1S/C21H21BrN2O2S/c1-3-10-24-20(25)18(23-21(24)27)12-16-11-17(22)8-9-19(16)26-13-15-6-4-14(2)5-7-15/h4-9,11-12H,3,10,13H2,1-2H3,(H,23,27)/b18-12-. The number of hydrogen-bond acceptors (Lipinski definition) is 3. The first-order valence-corrected chi connectivity index (χ1v) is 10.0. The highest BCUT2D eigenvalue weighted by Crippen LogP contribution is 2.27. The van der Waals surface area contributed by atoms with Gasteiger partial charge < -0.3 is 10.1 Å². The van der Waals surface area contributed by atoms with Gasteiger partial charge in [-0.1, -0.05) is 52.7 Å². The van der Waals surface area contributed by atoms with E-state index in [4.69, 9.17) is 17.0 Å². The summed E-state index contributed by atoms with van der Waals surface area (Å²) in [4.78, 5) is 14.2. The highest BCUT2D eigenvalue weighted by molar-refractivity contribution is 9.10. The Labute approximate surface area is 173 Å². The van der Waals surface area contributed by atoms with Crippen molar-refractivity contribution >= 4 is 45.2 Å². The normalized spacial score (nSPS) is 15.4. The lowest BCUT2D eigenvalue weighted by Crippen LogP contribution is -2.31. The van der Waals surface area contributed by atoms with E-state index in [1.54, 1.807) is 11.0 Å². The van der Waals surface area contributed by atoms with Crippen molar-refractivity contribution in [2.45, 2.75) is 26.9 Å². The third-order valence-corrected chi connectivity index (χ3v) is 5.01. The second-order valence-electron chi connectivity index (χ2n) is 6.40. The number of carbonyl (C=O) groups excluding carboxylic acids is 1. The molecule has 4 nitrogen and oxygen atoms in total. The van der Waals surface area contributed by atoms with Crippen LogP contribution in [0, 0.1) is 6.92 Å². The predicted octanol–water partition coefficient (Wildman–Crippen LogP) is 4.80. The molecular formula is C21H21BrN2O2S. The molecule has 0 radical (unpaired) electrons. The van der Waals surface area contributed by atoms with E-state index in [1.165, 1.54) is 5.56 Å². The Kier molecular flexibility index (Phi) is 6.29. The van der Waals surface area contributed by atoms with Gasteiger partial charge in [-0.2, -0.15) is 0 Å². The lowest BCUT2D eigenvalue weighted by atomic mass is 10.1. The number of hydrogen-bond donors (Lipinski definition) is 1. The van der Waals surface area contributed by atoms with Crippen molar-refractivity contribution in [2.75, 3.05) is 6.54 Å². The zero-order valence-electron chi connectivity index (χ0n) is 15.3. The summed E-state index contributed by atoms with van der Waals surface area (Å²) in [6.07, 6.45) is 2.64. The molecule has 0 spiro atoms. The van der Waals surface area contributed by atoms with Crippen LogP contribution in [0.1, 0.15) is 30.0 Å². The molecule has 1 N–H and O–H groups in total. The minimum Gasteiger partial charge on any atom is -0.488 e. The Bertz CT molecular complexity index is 894. The quantitative estimate of drug-likeness (QED) is 0.512. The van der Waals surface area contributed by atoms with Gasteiger partial charge in [0, 0.05) is 16.6 Å². The molecule has 1 fully saturated rings. The highest BCUT2D eigenvalue weighted by atomic mass is 79.9. The molecule has 1 heterocycles. The summed E-state index contributed by atoms with van der Waals surface area (Å²) in [5, 5.41) is 3.46. The van der Waals surface area contributed by atoms with Crippen LogP contribution >= 0.6 is 28.1 Å². The fraction of sp³-hybridized carbons (Fsp3) is 0.238. The van der Waals surface area contributed by atoms with Crippen LogP contribution in [0.5, 0.6) is 5.75 Å². The van der Waals surface area contributed by atoms with E-state index in [9.17, 15) is 4.79 Å². The number of nitrogens with zero attached hydrogens (tertiary/aromatic N) is 1. The first kappa shape index (κ1) is 19.6. The second-order valence-corrected chi connectivity index (χ2v) is 7.70. The number of benzene rings is 2. The zero-order valence-corrected chi connectivity index (χ0v) is 17.7. The Morgan fingerprint density at radius 3 is 2.67 bits per heavy atom. The minimum atomic E-state index is -0.105. The smallest absolute Gasteiger partial charge is 0.276 e. The lowest BCUT2D eigenvalue weighted by Gasteiger charge is -2.12. The maximum Gasteiger partial charge on any atom is 0.276 e. The predicted molar refractivity (Wildman–Crippen MR) is 115 cm³/mol. The van der Waals surface area contributed by atoms with Crippen molar-refractivity contribution in [3.63, 3.8) is 0 Å². The SMILES string of the molecule is CCCN1C(=O)/C(=C/c2cc(Br)ccc2OCc2ccc(C)cc2)NC1=S. The summed E-state index contributed by atoms with van der Waals surface area (Å²) in [7, 11) is 0. The third kappa shape index (κ3) is 4.76. The maximum absolute atomic E-state index is 12.6. The van der Waals surface area contributed by atoms with Gasteiger partial charge in [-0.3, -0.25) is 9.69 Å². The number of nitrogens with one attached hydrogen (secondary N) is 1. The molecule has 27 heavy (non-hydrogen) atoms. The van der Waals surface area contributed by atoms with Gasteiger partial charge in [0.05, 0.1) is 0 Å². The van der Waals surface area contributed by atoms with Crippen LogP contribution in [0.15, 0.2) is 52.6 Å². The number of halogens is 1. The van der Waals surface area contributed by atoms with Crippen LogP contribution < -0.4 is 10.1 Å². The Morgan fingerprint density at radius 2 is 1.96 bits per heavy atom. The van der Waals surface area contributed by atoms with Crippen molar-refractivity contribution in [3.05, 3.63) is 69.3 Å². The summed E-state index contributed by atoms with van der Waals surface area (Å²) < 4.78 is 6.93. The van der Waals surface area contributed by atoms with E-state index in [-0.39, 0.29) is 5.91 Å². The first-order valence-electron chi connectivity index (χ1n) is 8.80. The van der Waals surface area contributed by atoms with Gasteiger partial charge in [-0.25, -0.2) is 0 Å². The number of rotatable bonds is 6. The summed E-state index contributed by atoms with van der Waals surface area (Å²) >= 11 is 8.76. The van der Waals surface area contributed by atoms with Gasteiger partial charge >= 0.3 is 0 Å². The maximum atomic E-state index is 12.6. The fourth-order valence-corrected chi connectivity index (χ4v) is 3.43. The van der Waals surface area contributed by atoms with Crippen LogP contribution in [0.25, 0.3) is 6.08 Å². The molecule has 0 saturated carbocycles. The topological polar surface area (TPSA) is 41.6 Å². The Morgan fingerprint density at radius 1 is 1.22 bits per heavy atom. The second kappa shape index (κ2) is 8.67. The van der Waals surface area contributed by atoms with Crippen LogP contribution in [-0.4, -0.2) is 22.5 Å².